The summed E-state index contributed by atoms with van der Waals surface area (Å²) in [6, 6.07) is 19.9. The van der Waals surface area contributed by atoms with Crippen LogP contribution in [0.1, 0.15) is 5.56 Å². The minimum absolute atomic E-state index is 0.0720. The van der Waals surface area contributed by atoms with E-state index in [-0.39, 0.29) is 5.91 Å². The summed E-state index contributed by atoms with van der Waals surface area (Å²) in [5.74, 6) is -0.0720. The maximum absolute atomic E-state index is 12.3. The Labute approximate surface area is 149 Å². The van der Waals surface area contributed by atoms with Gasteiger partial charge in [-0.1, -0.05) is 48.5 Å². The van der Waals surface area contributed by atoms with Crippen LogP contribution in [0, 0.1) is 0 Å². The highest BCUT2D eigenvalue weighted by Gasteiger charge is 2.09. The van der Waals surface area contributed by atoms with E-state index in [1.807, 2.05) is 47.8 Å². The molecule has 0 aliphatic rings. The van der Waals surface area contributed by atoms with Crippen LogP contribution in [0.15, 0.2) is 72.2 Å². The molecule has 4 rings (SSSR count). The Morgan fingerprint density at radius 3 is 2.64 bits per heavy atom. The smallest absolute Gasteiger partial charge is 0.230 e. The second-order valence-corrected chi connectivity index (χ2v) is 6.52. The van der Waals surface area contributed by atoms with Crippen LogP contribution in [0.5, 0.6) is 0 Å². The van der Waals surface area contributed by atoms with Crippen LogP contribution in [0.3, 0.4) is 0 Å². The fourth-order valence-electron chi connectivity index (χ4n) is 2.66. The quantitative estimate of drug-likeness (QED) is 0.591. The van der Waals surface area contributed by atoms with Crippen molar-refractivity contribution in [2.75, 3.05) is 5.32 Å². The summed E-state index contributed by atoms with van der Waals surface area (Å²) in [6.07, 6.45) is 2.05. The number of carbonyl (C=O) groups excluding carboxylic acids is 1. The highest BCUT2D eigenvalue weighted by molar-refractivity contribution is 7.14. The number of hydrogen-bond acceptors (Lipinski definition) is 4. The third kappa shape index (κ3) is 3.56. The SMILES string of the molecule is O=C(Cc1ccc2ccccc2c1)Nc1nc(-c2ccccn2)cs1. The predicted octanol–water partition coefficient (Wildman–Crippen LogP) is 4.54. The number of carbonyl (C=O) groups is 1. The van der Waals surface area contributed by atoms with Gasteiger partial charge in [0.2, 0.25) is 5.91 Å². The number of hydrogen-bond donors (Lipinski definition) is 1. The number of nitrogens with zero attached hydrogens (tertiary/aromatic N) is 2. The van der Waals surface area contributed by atoms with Gasteiger partial charge in [0.25, 0.3) is 0 Å². The number of pyridine rings is 1. The van der Waals surface area contributed by atoms with Gasteiger partial charge in [0, 0.05) is 11.6 Å². The molecule has 0 fully saturated rings. The Balaban J connectivity index is 1.46. The van der Waals surface area contributed by atoms with Crippen molar-refractivity contribution in [3.05, 3.63) is 77.8 Å². The number of fused-ring (bicyclic) bond motifs is 1. The molecule has 0 saturated heterocycles. The minimum atomic E-state index is -0.0720. The molecule has 0 unspecified atom stereocenters. The molecule has 122 valence electrons. The lowest BCUT2D eigenvalue weighted by Gasteiger charge is -2.04. The molecule has 0 saturated carbocycles. The van der Waals surface area contributed by atoms with Crippen LogP contribution in [0.25, 0.3) is 22.2 Å². The van der Waals surface area contributed by atoms with Crippen molar-refractivity contribution in [2.24, 2.45) is 0 Å². The lowest BCUT2D eigenvalue weighted by atomic mass is 10.1. The van der Waals surface area contributed by atoms with Crippen LogP contribution in [-0.4, -0.2) is 15.9 Å². The van der Waals surface area contributed by atoms with Gasteiger partial charge in [0.1, 0.15) is 5.69 Å². The van der Waals surface area contributed by atoms with E-state index in [4.69, 9.17) is 0 Å². The number of amides is 1. The number of anilines is 1. The Hall–Kier alpha value is -3.05. The second-order valence-electron chi connectivity index (χ2n) is 5.66. The Morgan fingerprint density at radius 2 is 1.80 bits per heavy atom. The molecule has 4 aromatic rings. The van der Waals surface area contributed by atoms with Crippen LogP contribution in [0.2, 0.25) is 0 Å². The molecule has 0 aliphatic heterocycles. The van der Waals surface area contributed by atoms with Crippen LogP contribution in [-0.2, 0) is 11.2 Å². The van der Waals surface area contributed by atoms with E-state index >= 15 is 0 Å². The fraction of sp³-hybridized carbons (Fsp3) is 0.0500. The van der Waals surface area contributed by atoms with Gasteiger partial charge in [-0.15, -0.1) is 11.3 Å². The number of aromatic nitrogens is 2. The average Bonchev–Trinajstić information content (AvgIpc) is 3.10. The van der Waals surface area contributed by atoms with E-state index < -0.39 is 0 Å². The first kappa shape index (κ1) is 15.5. The van der Waals surface area contributed by atoms with Crippen molar-refractivity contribution in [1.82, 2.24) is 9.97 Å². The summed E-state index contributed by atoms with van der Waals surface area (Å²) < 4.78 is 0. The summed E-state index contributed by atoms with van der Waals surface area (Å²) in [6.45, 7) is 0. The molecule has 0 atom stereocenters. The van der Waals surface area contributed by atoms with Crippen molar-refractivity contribution in [3.63, 3.8) is 0 Å². The van der Waals surface area contributed by atoms with Gasteiger partial charge in [-0.25, -0.2) is 4.98 Å². The molecule has 0 radical (unpaired) electrons. The molecule has 4 nitrogen and oxygen atoms in total. The number of benzene rings is 2. The Kier molecular flexibility index (Phi) is 4.23. The number of rotatable bonds is 4. The van der Waals surface area contributed by atoms with E-state index in [1.54, 1.807) is 6.20 Å². The van der Waals surface area contributed by atoms with Gasteiger partial charge >= 0.3 is 0 Å². The summed E-state index contributed by atoms with van der Waals surface area (Å²) in [4.78, 5) is 21.0. The van der Waals surface area contributed by atoms with E-state index in [0.29, 0.717) is 11.6 Å². The predicted molar refractivity (Wildman–Crippen MR) is 102 cm³/mol. The summed E-state index contributed by atoms with van der Waals surface area (Å²) >= 11 is 1.40. The first-order chi connectivity index (χ1) is 12.3. The van der Waals surface area contributed by atoms with Crippen molar-refractivity contribution < 1.29 is 4.79 Å². The van der Waals surface area contributed by atoms with E-state index in [0.717, 1.165) is 22.3 Å². The van der Waals surface area contributed by atoms with Gasteiger partial charge in [0.05, 0.1) is 12.1 Å². The molecule has 2 aromatic heterocycles. The van der Waals surface area contributed by atoms with Gasteiger partial charge in [0.15, 0.2) is 5.13 Å². The van der Waals surface area contributed by atoms with Crippen molar-refractivity contribution in [1.29, 1.82) is 0 Å². The molecular formula is C20H15N3OS. The van der Waals surface area contributed by atoms with Gasteiger partial charge in [-0.05, 0) is 28.5 Å². The van der Waals surface area contributed by atoms with E-state index in [2.05, 4.69) is 33.5 Å². The van der Waals surface area contributed by atoms with Crippen molar-refractivity contribution in [2.45, 2.75) is 6.42 Å². The third-order valence-electron chi connectivity index (χ3n) is 3.86. The third-order valence-corrected chi connectivity index (χ3v) is 4.61. The zero-order chi connectivity index (χ0) is 17.1. The molecule has 2 heterocycles. The lowest BCUT2D eigenvalue weighted by Crippen LogP contribution is -2.14. The molecule has 0 aliphatic carbocycles. The van der Waals surface area contributed by atoms with Crippen LogP contribution in [0.4, 0.5) is 5.13 Å². The van der Waals surface area contributed by atoms with Crippen LogP contribution >= 0.6 is 11.3 Å². The molecule has 2 aromatic carbocycles. The fourth-order valence-corrected chi connectivity index (χ4v) is 3.38. The monoisotopic (exact) mass is 345 g/mol. The number of thiazole rings is 1. The van der Waals surface area contributed by atoms with Crippen molar-refractivity contribution in [3.8, 4) is 11.4 Å². The highest BCUT2D eigenvalue weighted by atomic mass is 32.1. The average molecular weight is 345 g/mol. The highest BCUT2D eigenvalue weighted by Crippen LogP contribution is 2.23. The summed E-state index contributed by atoms with van der Waals surface area (Å²) in [5.41, 5.74) is 2.55. The largest absolute Gasteiger partial charge is 0.302 e. The second kappa shape index (κ2) is 6.83. The first-order valence-electron chi connectivity index (χ1n) is 7.92. The Bertz CT molecular complexity index is 1030. The minimum Gasteiger partial charge on any atom is -0.302 e. The zero-order valence-corrected chi connectivity index (χ0v) is 14.2. The normalized spacial score (nSPS) is 10.7. The molecule has 1 amide bonds. The topological polar surface area (TPSA) is 54.9 Å². The van der Waals surface area contributed by atoms with Gasteiger partial charge < -0.3 is 5.32 Å². The Morgan fingerprint density at radius 1 is 0.960 bits per heavy atom. The zero-order valence-electron chi connectivity index (χ0n) is 13.3. The van der Waals surface area contributed by atoms with Gasteiger partial charge in [-0.2, -0.15) is 0 Å². The lowest BCUT2D eigenvalue weighted by molar-refractivity contribution is -0.115. The molecule has 0 bridgehead atoms. The molecule has 5 heteroatoms. The van der Waals surface area contributed by atoms with Gasteiger partial charge in [-0.3, -0.25) is 9.78 Å². The van der Waals surface area contributed by atoms with Crippen LogP contribution < -0.4 is 5.32 Å². The number of nitrogens with one attached hydrogen (secondary N) is 1. The summed E-state index contributed by atoms with van der Waals surface area (Å²) in [5, 5.41) is 7.67. The van der Waals surface area contributed by atoms with E-state index in [1.165, 1.54) is 16.7 Å². The molecule has 25 heavy (non-hydrogen) atoms. The summed E-state index contributed by atoms with van der Waals surface area (Å²) in [7, 11) is 0. The van der Waals surface area contributed by atoms with Crippen molar-refractivity contribution >= 4 is 33.1 Å². The molecule has 1 N–H and O–H groups in total. The van der Waals surface area contributed by atoms with E-state index in [9.17, 15) is 4.79 Å². The first-order valence-corrected chi connectivity index (χ1v) is 8.80. The molecule has 0 spiro atoms. The standard InChI is InChI=1S/C20H15N3OS/c24-19(12-14-8-9-15-5-1-2-6-16(15)11-14)23-20-22-18(13-25-20)17-7-3-4-10-21-17/h1-11,13H,12H2,(H,22,23,24). The maximum Gasteiger partial charge on any atom is 0.230 e. The molecular weight excluding hydrogens is 330 g/mol. The maximum atomic E-state index is 12.3.